The number of thiazole rings is 1. The highest BCUT2D eigenvalue weighted by molar-refractivity contribution is 7.15. The zero-order chi connectivity index (χ0) is 20.1. The molecule has 8 nitrogen and oxygen atoms in total. The first-order chi connectivity index (χ1) is 14.0. The molecule has 0 spiro atoms. The average Bonchev–Trinajstić information content (AvgIpc) is 3.35. The van der Waals surface area contributed by atoms with Gasteiger partial charge in [0.05, 0.1) is 11.3 Å². The van der Waals surface area contributed by atoms with Crippen LogP contribution >= 0.6 is 11.3 Å². The van der Waals surface area contributed by atoms with Gasteiger partial charge in [-0.2, -0.15) is 9.50 Å². The molecule has 0 fully saturated rings. The molecule has 0 aliphatic carbocycles. The van der Waals surface area contributed by atoms with E-state index in [0.717, 1.165) is 16.9 Å². The number of rotatable bonds is 3. The first-order valence-electron chi connectivity index (χ1n) is 8.73. The molecule has 5 rings (SSSR count). The number of primary amides is 1. The molecule has 0 bridgehead atoms. The Labute approximate surface area is 167 Å². The largest absolute Gasteiger partial charge is 0.368 e. The molecule has 2 amide bonds. The molecule has 2 aromatic heterocycles. The van der Waals surface area contributed by atoms with Crippen molar-refractivity contribution in [3.8, 4) is 11.4 Å². The fourth-order valence-corrected chi connectivity index (χ4v) is 4.40. The van der Waals surface area contributed by atoms with Gasteiger partial charge in [-0.25, -0.2) is 0 Å². The first-order valence-corrected chi connectivity index (χ1v) is 9.55. The molecule has 2 N–H and O–H groups in total. The van der Waals surface area contributed by atoms with Gasteiger partial charge in [-0.1, -0.05) is 59.9 Å². The predicted octanol–water partition coefficient (Wildman–Crippen LogP) is 0.568. The Morgan fingerprint density at radius 1 is 1.03 bits per heavy atom. The van der Waals surface area contributed by atoms with Crippen LogP contribution < -0.4 is 20.7 Å². The van der Waals surface area contributed by atoms with Crippen LogP contribution in [0.2, 0.25) is 0 Å². The van der Waals surface area contributed by atoms with E-state index in [1.54, 1.807) is 24.3 Å². The van der Waals surface area contributed by atoms with Gasteiger partial charge < -0.3 is 5.73 Å². The molecule has 142 valence electrons. The average molecular weight is 403 g/mol. The smallest absolute Gasteiger partial charge is 0.291 e. The maximum Gasteiger partial charge on any atom is 0.291 e. The third-order valence-corrected chi connectivity index (χ3v) is 5.68. The SMILES string of the molecule is NC(=O)CN1C(=O)/C(=c2\sc3nc(-c4ccccc4)nn3c2=O)c2ccccc21. The number of amides is 2. The van der Waals surface area contributed by atoms with E-state index in [-0.39, 0.29) is 16.7 Å². The van der Waals surface area contributed by atoms with Crippen LogP contribution in [-0.4, -0.2) is 33.0 Å². The second-order valence-corrected chi connectivity index (χ2v) is 7.46. The van der Waals surface area contributed by atoms with Crippen molar-refractivity contribution in [2.45, 2.75) is 0 Å². The minimum absolute atomic E-state index is 0.240. The zero-order valence-corrected chi connectivity index (χ0v) is 15.7. The monoisotopic (exact) mass is 403 g/mol. The Kier molecular flexibility index (Phi) is 3.78. The van der Waals surface area contributed by atoms with E-state index in [2.05, 4.69) is 10.1 Å². The Balaban J connectivity index is 1.73. The number of hydrogen-bond acceptors (Lipinski definition) is 6. The van der Waals surface area contributed by atoms with Crippen LogP contribution in [0.4, 0.5) is 5.69 Å². The number of nitrogens with two attached hydrogens (primary N) is 1. The predicted molar refractivity (Wildman–Crippen MR) is 108 cm³/mol. The minimum atomic E-state index is -0.632. The highest BCUT2D eigenvalue weighted by Crippen LogP contribution is 2.34. The van der Waals surface area contributed by atoms with E-state index >= 15 is 0 Å². The summed E-state index contributed by atoms with van der Waals surface area (Å²) in [6, 6.07) is 16.3. The Morgan fingerprint density at radius 3 is 2.48 bits per heavy atom. The topological polar surface area (TPSA) is 111 Å². The van der Waals surface area contributed by atoms with E-state index in [9.17, 15) is 14.4 Å². The van der Waals surface area contributed by atoms with Gasteiger partial charge in [0.2, 0.25) is 10.9 Å². The number of anilines is 1. The number of nitrogens with zero attached hydrogens (tertiary/aromatic N) is 4. The summed E-state index contributed by atoms with van der Waals surface area (Å²) >= 11 is 1.10. The summed E-state index contributed by atoms with van der Waals surface area (Å²) in [6.07, 6.45) is 0. The first kappa shape index (κ1) is 17.3. The molecule has 2 aromatic carbocycles. The fourth-order valence-electron chi connectivity index (χ4n) is 3.41. The lowest BCUT2D eigenvalue weighted by molar-refractivity contribution is -0.119. The van der Waals surface area contributed by atoms with Crippen molar-refractivity contribution in [3.05, 3.63) is 75.0 Å². The molecule has 1 aliphatic rings. The van der Waals surface area contributed by atoms with Crippen molar-refractivity contribution in [3.63, 3.8) is 0 Å². The maximum absolute atomic E-state index is 13.0. The minimum Gasteiger partial charge on any atom is -0.368 e. The molecule has 0 saturated carbocycles. The summed E-state index contributed by atoms with van der Waals surface area (Å²) in [6.45, 7) is -0.257. The number of hydrogen-bond donors (Lipinski definition) is 1. The molecule has 4 aromatic rings. The van der Waals surface area contributed by atoms with Gasteiger partial charge in [0.1, 0.15) is 11.1 Å². The van der Waals surface area contributed by atoms with E-state index in [1.165, 1.54) is 9.42 Å². The van der Waals surface area contributed by atoms with Gasteiger partial charge in [0.25, 0.3) is 11.5 Å². The molecule has 29 heavy (non-hydrogen) atoms. The number of fused-ring (bicyclic) bond motifs is 2. The van der Waals surface area contributed by atoms with Gasteiger partial charge in [-0.05, 0) is 6.07 Å². The standard InChI is InChI=1S/C20H13N5O3S/c21-14(26)10-24-13-9-5-4-8-12(13)15(18(24)27)16-19(28)25-20(29-16)22-17(23-25)11-6-2-1-3-7-11/h1-9H,10H2,(H2,21,26)/b16-15-. The number of para-hydroxylation sites is 1. The third-order valence-electron chi connectivity index (χ3n) is 4.65. The second kappa shape index (κ2) is 6.35. The molecule has 0 radical (unpaired) electrons. The molecule has 0 atom stereocenters. The number of aromatic nitrogens is 3. The zero-order valence-electron chi connectivity index (χ0n) is 14.9. The summed E-state index contributed by atoms with van der Waals surface area (Å²) < 4.78 is 1.45. The Bertz CT molecular complexity index is 1410. The number of carbonyl (C=O) groups is 2. The lowest BCUT2D eigenvalue weighted by Gasteiger charge is -2.14. The van der Waals surface area contributed by atoms with Crippen molar-refractivity contribution in [1.29, 1.82) is 0 Å². The van der Waals surface area contributed by atoms with Crippen LogP contribution in [0.15, 0.2) is 59.4 Å². The maximum atomic E-state index is 13.0. The van der Waals surface area contributed by atoms with E-state index in [0.29, 0.717) is 22.0 Å². The summed E-state index contributed by atoms with van der Waals surface area (Å²) in [4.78, 5) is 43.6. The van der Waals surface area contributed by atoms with E-state index < -0.39 is 17.4 Å². The van der Waals surface area contributed by atoms with Crippen molar-refractivity contribution >= 4 is 39.4 Å². The highest BCUT2D eigenvalue weighted by Gasteiger charge is 2.35. The molecule has 0 saturated heterocycles. The van der Waals surface area contributed by atoms with Crippen LogP contribution in [0.25, 0.3) is 21.9 Å². The summed E-state index contributed by atoms with van der Waals surface area (Å²) in [5.41, 5.74) is 7.06. The Morgan fingerprint density at radius 2 is 1.76 bits per heavy atom. The lowest BCUT2D eigenvalue weighted by Crippen LogP contribution is -2.37. The van der Waals surface area contributed by atoms with Gasteiger partial charge in [0, 0.05) is 11.1 Å². The summed E-state index contributed by atoms with van der Waals surface area (Å²) in [5, 5.41) is 4.31. The fraction of sp³-hybridized carbons (Fsp3) is 0.0500. The lowest BCUT2D eigenvalue weighted by atomic mass is 10.1. The van der Waals surface area contributed by atoms with E-state index in [1.807, 2.05) is 30.3 Å². The van der Waals surface area contributed by atoms with Crippen LogP contribution in [0, 0.1) is 0 Å². The van der Waals surface area contributed by atoms with E-state index in [4.69, 9.17) is 5.73 Å². The van der Waals surface area contributed by atoms with Crippen LogP contribution in [0.1, 0.15) is 5.56 Å². The van der Waals surface area contributed by atoms with Gasteiger partial charge in [-0.15, -0.1) is 5.10 Å². The summed E-state index contributed by atoms with van der Waals surface area (Å²) in [5.74, 6) is -0.624. The number of benzene rings is 2. The molecular formula is C20H13N5O3S. The van der Waals surface area contributed by atoms with Crippen LogP contribution in [0.3, 0.4) is 0 Å². The second-order valence-electron chi connectivity index (χ2n) is 6.48. The van der Waals surface area contributed by atoms with Gasteiger partial charge in [0.15, 0.2) is 5.82 Å². The Hall–Kier alpha value is -3.85. The quantitative estimate of drug-likeness (QED) is 0.538. The van der Waals surface area contributed by atoms with Crippen molar-refractivity contribution < 1.29 is 9.59 Å². The van der Waals surface area contributed by atoms with Crippen LogP contribution in [0.5, 0.6) is 0 Å². The van der Waals surface area contributed by atoms with Gasteiger partial charge in [-0.3, -0.25) is 19.3 Å². The molecule has 0 unspecified atom stereocenters. The third kappa shape index (κ3) is 2.63. The van der Waals surface area contributed by atoms with Crippen LogP contribution in [-0.2, 0) is 9.59 Å². The normalized spacial score (nSPS) is 15.2. The highest BCUT2D eigenvalue weighted by atomic mass is 32.1. The molecule has 9 heteroatoms. The van der Waals surface area contributed by atoms with Crippen molar-refractivity contribution in [2.24, 2.45) is 5.73 Å². The number of carbonyl (C=O) groups excluding carboxylic acids is 2. The molecule has 1 aliphatic heterocycles. The van der Waals surface area contributed by atoms with Gasteiger partial charge >= 0.3 is 0 Å². The molecular weight excluding hydrogens is 390 g/mol. The van der Waals surface area contributed by atoms with Crippen molar-refractivity contribution in [2.75, 3.05) is 11.4 Å². The molecule has 3 heterocycles. The van der Waals surface area contributed by atoms with Crippen molar-refractivity contribution in [1.82, 2.24) is 14.6 Å². The summed E-state index contributed by atoms with van der Waals surface area (Å²) in [7, 11) is 0.